The minimum atomic E-state index is -0.830. The number of amides is 1. The van der Waals surface area contributed by atoms with Crippen molar-refractivity contribution in [1.82, 2.24) is 0 Å². The largest absolute Gasteiger partial charge is 0.506 e. The van der Waals surface area contributed by atoms with Gasteiger partial charge in [-0.05, 0) is 42.8 Å². The molecular weight excluding hydrogens is 485 g/mol. The predicted molar refractivity (Wildman–Crippen MR) is 123 cm³/mol. The maximum absolute atomic E-state index is 12.6. The maximum atomic E-state index is 12.6. The third-order valence-electron chi connectivity index (χ3n) is 4.01. The number of aliphatic imine (C=N–C) groups is 1. The highest BCUT2D eigenvalue weighted by Gasteiger charge is 2.34. The number of aromatic hydroxyl groups is 1. The highest BCUT2D eigenvalue weighted by molar-refractivity contribution is 8.18. The average Bonchev–Trinajstić information content (AvgIpc) is 3.01. The van der Waals surface area contributed by atoms with E-state index < -0.39 is 17.6 Å². The normalized spacial score (nSPS) is 16.3. The molecule has 160 valence electrons. The molecule has 0 unspecified atom stereocenters. The van der Waals surface area contributed by atoms with Gasteiger partial charge < -0.3 is 14.9 Å². The van der Waals surface area contributed by atoms with Crippen molar-refractivity contribution in [3.8, 4) is 5.75 Å². The standard InChI is InChI=1S/C21H14Cl3NO5S/c1-2-30-21(29)16-18(27)15(9-10-7-13(23)17(26)14(24)8-10)31-20(16)25-19(28)11-5-3-4-6-12(11)22/h3-9,26-27H,2H2,1H3/b15-9-,25-20?. The second-order valence-corrected chi connectivity index (χ2v) is 8.34. The number of phenolic OH excluding ortho intramolecular Hbond substituents is 1. The van der Waals surface area contributed by atoms with Crippen LogP contribution in [0.4, 0.5) is 0 Å². The number of hydrogen-bond donors (Lipinski definition) is 2. The van der Waals surface area contributed by atoms with Crippen LogP contribution in [0.15, 0.2) is 57.6 Å². The molecule has 0 aromatic heterocycles. The van der Waals surface area contributed by atoms with E-state index in [1.165, 1.54) is 24.3 Å². The van der Waals surface area contributed by atoms with Crippen molar-refractivity contribution in [3.63, 3.8) is 0 Å². The Labute approximate surface area is 196 Å². The molecule has 2 N–H and O–H groups in total. The predicted octanol–water partition coefficient (Wildman–Crippen LogP) is 6.05. The first kappa shape index (κ1) is 23.2. The van der Waals surface area contributed by atoms with Gasteiger partial charge in [0.25, 0.3) is 5.91 Å². The van der Waals surface area contributed by atoms with Crippen molar-refractivity contribution < 1.29 is 24.5 Å². The summed E-state index contributed by atoms with van der Waals surface area (Å²) >= 11 is 18.8. The summed E-state index contributed by atoms with van der Waals surface area (Å²) in [5, 5.41) is 20.6. The molecule has 0 atom stereocenters. The molecule has 0 spiro atoms. The van der Waals surface area contributed by atoms with Crippen LogP contribution >= 0.6 is 46.6 Å². The van der Waals surface area contributed by atoms with Gasteiger partial charge in [0.15, 0.2) is 5.75 Å². The lowest BCUT2D eigenvalue weighted by Crippen LogP contribution is -2.14. The summed E-state index contributed by atoms with van der Waals surface area (Å²) in [6, 6.07) is 9.19. The molecule has 0 aliphatic carbocycles. The third kappa shape index (κ3) is 5.07. The van der Waals surface area contributed by atoms with Crippen LogP contribution < -0.4 is 0 Å². The Kier molecular flexibility index (Phi) is 7.33. The Morgan fingerprint density at radius 3 is 2.35 bits per heavy atom. The van der Waals surface area contributed by atoms with Crippen LogP contribution in [0.3, 0.4) is 0 Å². The number of halogens is 3. The molecule has 0 saturated carbocycles. The van der Waals surface area contributed by atoms with Crippen molar-refractivity contribution in [1.29, 1.82) is 0 Å². The number of carbonyl (C=O) groups excluding carboxylic acids is 2. The fraction of sp³-hybridized carbons (Fsp3) is 0.0952. The van der Waals surface area contributed by atoms with Crippen LogP contribution in [0, 0.1) is 0 Å². The van der Waals surface area contributed by atoms with E-state index in [2.05, 4.69) is 4.99 Å². The van der Waals surface area contributed by atoms with E-state index in [0.717, 1.165) is 11.8 Å². The van der Waals surface area contributed by atoms with E-state index in [4.69, 9.17) is 39.5 Å². The van der Waals surface area contributed by atoms with Gasteiger partial charge in [0.05, 0.1) is 32.1 Å². The quantitative estimate of drug-likeness (QED) is 0.498. The fourth-order valence-electron chi connectivity index (χ4n) is 2.60. The minimum absolute atomic E-state index is 0.0132. The van der Waals surface area contributed by atoms with E-state index in [1.54, 1.807) is 25.1 Å². The summed E-state index contributed by atoms with van der Waals surface area (Å²) in [4.78, 5) is 29.3. The fourth-order valence-corrected chi connectivity index (χ4v) is 4.33. The molecule has 2 aromatic carbocycles. The van der Waals surface area contributed by atoms with Gasteiger partial charge in [0.1, 0.15) is 16.4 Å². The number of esters is 1. The van der Waals surface area contributed by atoms with Crippen LogP contribution in [0.25, 0.3) is 6.08 Å². The van der Waals surface area contributed by atoms with Gasteiger partial charge in [-0.1, -0.05) is 58.7 Å². The van der Waals surface area contributed by atoms with E-state index in [1.807, 2.05) is 0 Å². The van der Waals surface area contributed by atoms with Crippen molar-refractivity contribution in [2.45, 2.75) is 6.92 Å². The van der Waals surface area contributed by atoms with Crippen molar-refractivity contribution in [2.75, 3.05) is 6.61 Å². The van der Waals surface area contributed by atoms with Crippen LogP contribution in [-0.4, -0.2) is 33.7 Å². The van der Waals surface area contributed by atoms with Gasteiger partial charge in [0.2, 0.25) is 0 Å². The zero-order valence-corrected chi connectivity index (χ0v) is 18.9. The number of carbonyl (C=O) groups is 2. The number of benzene rings is 2. The van der Waals surface area contributed by atoms with Gasteiger partial charge in [-0.3, -0.25) is 4.79 Å². The second kappa shape index (κ2) is 9.78. The first-order valence-corrected chi connectivity index (χ1v) is 10.7. The Morgan fingerprint density at radius 2 is 1.74 bits per heavy atom. The zero-order valence-electron chi connectivity index (χ0n) is 15.9. The number of thioether (sulfide) groups is 1. The monoisotopic (exact) mass is 497 g/mol. The van der Waals surface area contributed by atoms with Crippen molar-refractivity contribution in [3.05, 3.63) is 78.8 Å². The van der Waals surface area contributed by atoms with Crippen LogP contribution in [-0.2, 0) is 9.53 Å². The highest BCUT2D eigenvalue weighted by Crippen LogP contribution is 2.41. The Bertz CT molecular complexity index is 1150. The van der Waals surface area contributed by atoms with Crippen molar-refractivity contribution >= 4 is 69.6 Å². The molecule has 0 fully saturated rings. The molecule has 0 radical (unpaired) electrons. The first-order chi connectivity index (χ1) is 14.7. The molecule has 1 aliphatic rings. The van der Waals surface area contributed by atoms with Crippen LogP contribution in [0.2, 0.25) is 15.1 Å². The molecule has 2 aromatic rings. The second-order valence-electron chi connectivity index (χ2n) is 6.09. The topological polar surface area (TPSA) is 96.2 Å². The van der Waals surface area contributed by atoms with E-state index in [0.29, 0.717) is 5.56 Å². The molecule has 1 aliphatic heterocycles. The van der Waals surface area contributed by atoms with Crippen LogP contribution in [0.1, 0.15) is 22.8 Å². The molecule has 3 rings (SSSR count). The summed E-state index contributed by atoms with van der Waals surface area (Å²) in [7, 11) is 0. The van der Waals surface area contributed by atoms with E-state index >= 15 is 0 Å². The lowest BCUT2D eigenvalue weighted by atomic mass is 10.1. The van der Waals surface area contributed by atoms with Gasteiger partial charge in [-0.2, -0.15) is 0 Å². The minimum Gasteiger partial charge on any atom is -0.506 e. The number of phenols is 1. The van der Waals surface area contributed by atoms with Crippen LogP contribution in [0.5, 0.6) is 5.75 Å². The zero-order chi connectivity index (χ0) is 22.7. The molecule has 0 saturated heterocycles. The number of rotatable bonds is 4. The van der Waals surface area contributed by atoms with E-state index in [9.17, 15) is 19.8 Å². The summed E-state index contributed by atoms with van der Waals surface area (Å²) in [6.45, 7) is 1.68. The molecular formula is C21H14Cl3NO5S. The number of hydrogen-bond acceptors (Lipinski definition) is 6. The first-order valence-electron chi connectivity index (χ1n) is 8.79. The number of aliphatic hydroxyl groups excluding tert-OH is 1. The molecule has 6 nitrogen and oxygen atoms in total. The average molecular weight is 499 g/mol. The highest BCUT2D eigenvalue weighted by atomic mass is 35.5. The van der Waals surface area contributed by atoms with Gasteiger partial charge in [-0.15, -0.1) is 0 Å². The molecule has 31 heavy (non-hydrogen) atoms. The Morgan fingerprint density at radius 1 is 1.10 bits per heavy atom. The lowest BCUT2D eigenvalue weighted by molar-refractivity contribution is -0.138. The number of ether oxygens (including phenoxy) is 1. The molecule has 10 heteroatoms. The van der Waals surface area contributed by atoms with Gasteiger partial charge in [-0.25, -0.2) is 9.79 Å². The van der Waals surface area contributed by atoms with Gasteiger partial charge in [0, 0.05) is 0 Å². The Balaban J connectivity index is 2.06. The molecule has 1 amide bonds. The Hall–Kier alpha value is -2.45. The summed E-state index contributed by atoms with van der Waals surface area (Å²) in [5.41, 5.74) is 0.354. The SMILES string of the molecule is CCOC(=O)C1=C(O)/C(=C/c2cc(Cl)c(O)c(Cl)c2)SC1=NC(=O)c1ccccc1Cl. The maximum Gasteiger partial charge on any atom is 0.344 e. The summed E-state index contributed by atoms with van der Waals surface area (Å²) in [6.07, 6.45) is 1.49. The van der Waals surface area contributed by atoms with E-state index in [-0.39, 0.29) is 48.5 Å². The molecule has 0 bridgehead atoms. The smallest absolute Gasteiger partial charge is 0.344 e. The lowest BCUT2D eigenvalue weighted by Gasteiger charge is -2.04. The molecule has 1 heterocycles. The summed E-state index contributed by atoms with van der Waals surface area (Å²) < 4.78 is 5.00. The number of nitrogens with zero attached hydrogens (tertiary/aromatic N) is 1. The van der Waals surface area contributed by atoms with Gasteiger partial charge >= 0.3 is 5.97 Å². The number of aliphatic hydroxyl groups is 1. The van der Waals surface area contributed by atoms with Crippen molar-refractivity contribution in [2.24, 2.45) is 4.99 Å². The third-order valence-corrected chi connectivity index (χ3v) is 5.94. The summed E-state index contributed by atoms with van der Waals surface area (Å²) in [5.74, 6) is -2.19.